The van der Waals surface area contributed by atoms with Crippen LogP contribution in [0.2, 0.25) is 0 Å². The molecule has 3 aliphatic heterocycles. The molecule has 4 atom stereocenters. The fourth-order valence-electron chi connectivity index (χ4n) is 5.22. The van der Waals surface area contributed by atoms with Crippen molar-refractivity contribution in [1.82, 2.24) is 9.80 Å². The zero-order valence-corrected chi connectivity index (χ0v) is 14.9. The Labute approximate surface area is 158 Å². The molecule has 3 aliphatic rings. The van der Waals surface area contributed by atoms with Gasteiger partial charge >= 0.3 is 0 Å². The van der Waals surface area contributed by atoms with Gasteiger partial charge in [0.15, 0.2) is 0 Å². The molecule has 5 rings (SSSR count). The summed E-state index contributed by atoms with van der Waals surface area (Å²) in [6.07, 6.45) is 6.21. The predicted octanol–water partition coefficient (Wildman–Crippen LogP) is 2.40. The standard InChI is InChI=1S/C23H20N2O2/c1-2-12-24-22(26)19-18-13-16-10-6-7-11-17(16)14-25(18)21(20(19)23(24)27)15-8-4-3-5-9-15/h1,3-11,18-21H,12-14H2/t18-,19-,20-,21-/m1/s1. The van der Waals surface area contributed by atoms with Crippen LogP contribution in [0.3, 0.4) is 0 Å². The highest BCUT2D eigenvalue weighted by atomic mass is 16.2. The highest BCUT2D eigenvalue weighted by molar-refractivity contribution is 6.06. The first-order valence-corrected chi connectivity index (χ1v) is 9.37. The van der Waals surface area contributed by atoms with Crippen molar-refractivity contribution in [3.05, 3.63) is 71.3 Å². The fraction of sp³-hybridized carbons (Fsp3) is 0.304. The van der Waals surface area contributed by atoms with E-state index in [9.17, 15) is 9.59 Å². The number of likely N-dealkylation sites (tertiary alicyclic amines) is 1. The summed E-state index contributed by atoms with van der Waals surface area (Å²) in [6.45, 7) is 0.832. The van der Waals surface area contributed by atoms with Crippen molar-refractivity contribution >= 4 is 11.8 Å². The van der Waals surface area contributed by atoms with Crippen LogP contribution in [-0.4, -0.2) is 34.2 Å². The van der Waals surface area contributed by atoms with Crippen LogP contribution in [0.15, 0.2) is 54.6 Å². The lowest BCUT2D eigenvalue weighted by molar-refractivity contribution is -0.141. The minimum Gasteiger partial charge on any atom is -0.287 e. The number of nitrogens with zero attached hydrogens (tertiary/aromatic N) is 2. The Hall–Kier alpha value is -2.90. The molecular formula is C23H20N2O2. The van der Waals surface area contributed by atoms with Crippen molar-refractivity contribution in [3.8, 4) is 12.3 Å². The van der Waals surface area contributed by atoms with Gasteiger partial charge in [-0.25, -0.2) is 0 Å². The molecule has 0 N–H and O–H groups in total. The molecule has 0 radical (unpaired) electrons. The first-order valence-electron chi connectivity index (χ1n) is 9.37. The number of benzene rings is 2. The number of hydrogen-bond donors (Lipinski definition) is 0. The predicted molar refractivity (Wildman–Crippen MR) is 101 cm³/mol. The topological polar surface area (TPSA) is 40.6 Å². The van der Waals surface area contributed by atoms with E-state index >= 15 is 0 Å². The summed E-state index contributed by atoms with van der Waals surface area (Å²) in [5, 5.41) is 0. The van der Waals surface area contributed by atoms with Crippen LogP contribution in [0.4, 0.5) is 0 Å². The van der Waals surface area contributed by atoms with E-state index in [-0.39, 0.29) is 42.3 Å². The third-order valence-electron chi connectivity index (χ3n) is 6.32. The Morgan fingerprint density at radius 2 is 1.59 bits per heavy atom. The number of carbonyl (C=O) groups excluding carboxylic acids is 2. The van der Waals surface area contributed by atoms with E-state index in [1.165, 1.54) is 16.0 Å². The van der Waals surface area contributed by atoms with Gasteiger partial charge in [-0.2, -0.15) is 0 Å². The van der Waals surface area contributed by atoms with E-state index in [1.807, 2.05) is 24.3 Å². The van der Waals surface area contributed by atoms with Crippen LogP contribution in [0.5, 0.6) is 0 Å². The van der Waals surface area contributed by atoms with Crippen molar-refractivity contribution in [2.45, 2.75) is 25.0 Å². The number of carbonyl (C=O) groups is 2. The number of imide groups is 1. The zero-order valence-electron chi connectivity index (χ0n) is 14.9. The van der Waals surface area contributed by atoms with Crippen molar-refractivity contribution in [3.63, 3.8) is 0 Å². The minimum absolute atomic E-state index is 0.0364. The summed E-state index contributed by atoms with van der Waals surface area (Å²) < 4.78 is 0. The number of fused-ring (bicyclic) bond motifs is 4. The van der Waals surface area contributed by atoms with E-state index in [2.05, 4.69) is 41.2 Å². The van der Waals surface area contributed by atoms with Gasteiger partial charge in [0.1, 0.15) is 0 Å². The van der Waals surface area contributed by atoms with Gasteiger partial charge in [0.05, 0.1) is 18.4 Å². The second-order valence-electron chi connectivity index (χ2n) is 7.59. The number of rotatable bonds is 2. The zero-order chi connectivity index (χ0) is 18.5. The number of amides is 2. The summed E-state index contributed by atoms with van der Waals surface area (Å²) in [5.41, 5.74) is 3.66. The molecule has 2 amide bonds. The molecule has 0 aliphatic carbocycles. The van der Waals surface area contributed by atoms with Gasteiger partial charge in [-0.05, 0) is 23.1 Å². The lowest BCUT2D eigenvalue weighted by Gasteiger charge is -2.37. The van der Waals surface area contributed by atoms with Crippen molar-refractivity contribution < 1.29 is 9.59 Å². The Kier molecular flexibility index (Phi) is 3.66. The molecule has 0 spiro atoms. The van der Waals surface area contributed by atoms with Gasteiger partial charge in [0.25, 0.3) is 0 Å². The summed E-state index contributed by atoms with van der Waals surface area (Å²) in [4.78, 5) is 29.9. The van der Waals surface area contributed by atoms with Crippen molar-refractivity contribution in [1.29, 1.82) is 0 Å². The third-order valence-corrected chi connectivity index (χ3v) is 6.32. The summed E-state index contributed by atoms with van der Waals surface area (Å²) in [7, 11) is 0. The summed E-state index contributed by atoms with van der Waals surface area (Å²) in [6, 6.07) is 18.4. The molecule has 4 heteroatoms. The Morgan fingerprint density at radius 1 is 0.926 bits per heavy atom. The van der Waals surface area contributed by atoms with Crippen LogP contribution >= 0.6 is 0 Å². The third kappa shape index (κ3) is 2.28. The van der Waals surface area contributed by atoms with Gasteiger partial charge in [0.2, 0.25) is 11.8 Å². The molecule has 0 unspecified atom stereocenters. The molecule has 27 heavy (non-hydrogen) atoms. The first kappa shape index (κ1) is 16.3. The van der Waals surface area contributed by atoms with Gasteiger partial charge in [-0.1, -0.05) is 60.5 Å². The van der Waals surface area contributed by atoms with Gasteiger partial charge in [-0.3, -0.25) is 19.4 Å². The highest BCUT2D eigenvalue weighted by Gasteiger charge is 2.62. The normalized spacial score (nSPS) is 29.2. The molecule has 3 heterocycles. The van der Waals surface area contributed by atoms with E-state index < -0.39 is 0 Å². The van der Waals surface area contributed by atoms with Crippen molar-refractivity contribution in [2.75, 3.05) is 6.54 Å². The molecule has 4 nitrogen and oxygen atoms in total. The Balaban J connectivity index is 1.63. The fourth-order valence-corrected chi connectivity index (χ4v) is 5.22. The monoisotopic (exact) mass is 356 g/mol. The molecule has 0 saturated carbocycles. The van der Waals surface area contributed by atoms with E-state index in [1.54, 1.807) is 0 Å². The van der Waals surface area contributed by atoms with Crippen LogP contribution < -0.4 is 0 Å². The van der Waals surface area contributed by atoms with Gasteiger partial charge in [-0.15, -0.1) is 6.42 Å². The van der Waals surface area contributed by atoms with E-state index in [0.29, 0.717) is 0 Å². The minimum atomic E-state index is -0.354. The van der Waals surface area contributed by atoms with Gasteiger partial charge < -0.3 is 0 Å². The number of terminal acetylenes is 1. The molecule has 2 aromatic rings. The SMILES string of the molecule is C#CCN1C(=O)[C@@H]2[C@H](C1=O)[C@H]1Cc3ccccc3CN1[C@@H]2c1ccccc1. The van der Waals surface area contributed by atoms with Crippen LogP contribution in [0.25, 0.3) is 0 Å². The molecular weight excluding hydrogens is 336 g/mol. The maximum atomic E-state index is 13.2. The van der Waals surface area contributed by atoms with Crippen LogP contribution in [0, 0.1) is 24.2 Å². The number of hydrogen-bond acceptors (Lipinski definition) is 3. The summed E-state index contributed by atoms with van der Waals surface area (Å²) >= 11 is 0. The molecule has 2 aromatic carbocycles. The molecule has 0 bridgehead atoms. The molecule has 2 fully saturated rings. The maximum Gasteiger partial charge on any atom is 0.235 e. The van der Waals surface area contributed by atoms with E-state index in [0.717, 1.165) is 18.5 Å². The second kappa shape index (κ2) is 6.07. The second-order valence-corrected chi connectivity index (χ2v) is 7.59. The largest absolute Gasteiger partial charge is 0.287 e. The average molecular weight is 356 g/mol. The quantitative estimate of drug-likeness (QED) is 0.613. The average Bonchev–Trinajstić information content (AvgIpc) is 3.15. The van der Waals surface area contributed by atoms with Crippen LogP contribution in [0.1, 0.15) is 22.7 Å². The molecule has 0 aromatic heterocycles. The van der Waals surface area contributed by atoms with Gasteiger partial charge in [0, 0.05) is 18.6 Å². The highest BCUT2D eigenvalue weighted by Crippen LogP contribution is 2.52. The smallest absolute Gasteiger partial charge is 0.235 e. The molecule has 134 valence electrons. The summed E-state index contributed by atoms with van der Waals surface area (Å²) in [5.74, 6) is 1.59. The maximum absolute atomic E-state index is 13.2. The van der Waals surface area contributed by atoms with E-state index in [4.69, 9.17) is 6.42 Å². The Morgan fingerprint density at radius 3 is 2.33 bits per heavy atom. The Bertz CT molecular complexity index is 962. The lowest BCUT2D eigenvalue weighted by atomic mass is 9.84. The van der Waals surface area contributed by atoms with Crippen molar-refractivity contribution in [2.24, 2.45) is 11.8 Å². The van der Waals surface area contributed by atoms with Crippen LogP contribution in [-0.2, 0) is 22.6 Å². The first-order chi connectivity index (χ1) is 13.2. The molecule has 2 saturated heterocycles. The lowest BCUT2D eigenvalue weighted by Crippen LogP contribution is -2.44.